The van der Waals surface area contributed by atoms with E-state index in [0.29, 0.717) is 23.8 Å². The van der Waals surface area contributed by atoms with Crippen molar-refractivity contribution in [2.45, 2.75) is 171 Å². The lowest BCUT2D eigenvalue weighted by Crippen LogP contribution is -2.60. The second-order valence-electron chi connectivity index (χ2n) is 30.8. The molecule has 6 aliphatic heterocycles. The number of amides is 7. The molecule has 0 aromatic heterocycles. The summed E-state index contributed by atoms with van der Waals surface area (Å²) in [6, 6.07) is 14.9. The molecule has 30 heteroatoms. The summed E-state index contributed by atoms with van der Waals surface area (Å²) in [6.07, 6.45) is -11.1. The normalized spacial score (nSPS) is 28.6. The number of nitrogens with two attached hydrogens (primary N) is 1. The first kappa shape index (κ1) is 79.3. The van der Waals surface area contributed by atoms with Gasteiger partial charge < -0.3 is 92.1 Å². The number of carbonyl (C=O) groups excluding carboxylic acids is 9. The molecule has 111 heavy (non-hydrogen) atoms. The van der Waals surface area contributed by atoms with Gasteiger partial charge in [-0.1, -0.05) is 92.5 Å². The number of Topliss-reactive ketones (excluding diaryl/α,β-unsaturated/α-hetero) is 3. The molecule has 6 aromatic rings. The van der Waals surface area contributed by atoms with Crippen LogP contribution in [0, 0.1) is 47.3 Å². The molecule has 4 aliphatic carbocycles. The summed E-state index contributed by atoms with van der Waals surface area (Å²) in [5.74, 6) is -15.5. The van der Waals surface area contributed by atoms with Crippen LogP contribution in [0.3, 0.4) is 0 Å². The van der Waals surface area contributed by atoms with Gasteiger partial charge >= 0.3 is 6.03 Å². The molecule has 14 atom stereocenters. The first-order chi connectivity index (χ1) is 53.0. The van der Waals surface area contributed by atoms with Crippen LogP contribution in [0.2, 0.25) is 10.0 Å². The van der Waals surface area contributed by atoms with Crippen LogP contribution in [0.1, 0.15) is 155 Å². The van der Waals surface area contributed by atoms with E-state index in [-0.39, 0.29) is 104 Å². The summed E-state index contributed by atoms with van der Waals surface area (Å²) >= 11 is 14.3. The standard InChI is InChI=1S/C81H89Cl2N7O21/c1-4-39(16-35(2)3)76(103)89-68-56(94)25-46(28-64(97)86-81(107)85-34-36-8-6-5-7-9-36)77(104)87-66-45-26-61(108-59-14-11-41(70(68)98)23-52(59)82)75(111-80-74(102)73(101)72(100)63(33-84)110-80)62(27-45)109-60-15-12-42(24-53(60)83)71(99)69-79(106)88-67(58(96)31-48-43-18-37-17-38(20-43)21-44(48)19-37)51-29-47(91)30-55(93)65(51)50-22-40(10-13-54(50)92)49(32-57(66)95)78(105)90-69/h5-15,22-24,26-27,29-30,35,37-39,43-44,46,48-49,63,66-74,80,91-93,98-102H,4,16-21,25,28,31-34,84H2,1-3H3,(H,87,104)(H,88,106)(H,89,103)(H,90,105)(H2,85,86,97,107)/t37?,38?,39-,43?,44?,46+,48?,49-,63-,66-,67+,68+,69+,70-,71-,72-,73+,74-,80+/m1/s1. The molecule has 1 saturated heterocycles. The molecule has 0 radical (unpaired) electrons. The van der Waals surface area contributed by atoms with Crippen LogP contribution in [0.5, 0.6) is 46.0 Å². The molecule has 0 unspecified atom stereocenters. The van der Waals surface area contributed by atoms with Gasteiger partial charge in [-0.2, -0.15) is 0 Å². The monoisotopic (exact) mass is 1570 g/mol. The quantitative estimate of drug-likeness (QED) is 0.0467. The molecule has 6 heterocycles. The van der Waals surface area contributed by atoms with Gasteiger partial charge in [-0.05, 0) is 168 Å². The highest BCUT2D eigenvalue weighted by Gasteiger charge is 2.51. The Labute approximate surface area is 648 Å². The minimum Gasteiger partial charge on any atom is -0.508 e. The topological polar surface area (TPSA) is 451 Å². The molecule has 0 spiro atoms. The number of imide groups is 1. The van der Waals surface area contributed by atoms with Gasteiger partial charge in [-0.25, -0.2) is 4.79 Å². The van der Waals surface area contributed by atoms with Crippen molar-refractivity contribution in [3.8, 4) is 57.1 Å². The lowest BCUT2D eigenvalue weighted by atomic mass is 9.51. The van der Waals surface area contributed by atoms with Crippen molar-refractivity contribution in [2.75, 3.05) is 6.54 Å². The van der Waals surface area contributed by atoms with Gasteiger partial charge in [0.2, 0.25) is 41.6 Å². The van der Waals surface area contributed by atoms with E-state index in [1.165, 1.54) is 48.5 Å². The number of ketones is 3. The van der Waals surface area contributed by atoms with Crippen molar-refractivity contribution in [3.05, 3.63) is 153 Å². The minimum atomic E-state index is -2.19. The Morgan fingerprint density at radius 1 is 0.649 bits per heavy atom. The number of carbonyl (C=O) groups is 9. The molecule has 7 amide bonds. The Morgan fingerprint density at radius 3 is 1.91 bits per heavy atom. The molecule has 588 valence electrons. The van der Waals surface area contributed by atoms with Crippen molar-refractivity contribution < 1.29 is 103 Å². The minimum absolute atomic E-state index is 0.0260. The van der Waals surface area contributed by atoms with Gasteiger partial charge in [0.1, 0.15) is 89.5 Å². The molecule has 16 rings (SSSR count). The van der Waals surface area contributed by atoms with Gasteiger partial charge in [-0.15, -0.1) is 0 Å². The van der Waals surface area contributed by atoms with Crippen LogP contribution in [0.15, 0.2) is 109 Å². The molecule has 5 fully saturated rings. The van der Waals surface area contributed by atoms with E-state index in [1.807, 2.05) is 13.8 Å². The maximum atomic E-state index is 16.5. The number of halogens is 2. The number of ether oxygens (including phenoxy) is 4. The molecular formula is C81H89Cl2N7O21. The molecule has 16 N–H and O–H groups in total. The summed E-state index contributed by atoms with van der Waals surface area (Å²) in [6.45, 7) is 5.01. The smallest absolute Gasteiger partial charge is 0.321 e. The van der Waals surface area contributed by atoms with Crippen molar-refractivity contribution in [3.63, 3.8) is 0 Å². The molecule has 28 nitrogen and oxygen atoms in total. The van der Waals surface area contributed by atoms with Crippen LogP contribution in [0.25, 0.3) is 11.1 Å². The fourth-order valence-electron chi connectivity index (χ4n) is 17.3. The highest BCUT2D eigenvalue weighted by molar-refractivity contribution is 6.32. The summed E-state index contributed by atoms with van der Waals surface area (Å²) in [7, 11) is 0. The Kier molecular flexibility index (Phi) is 23.8. The van der Waals surface area contributed by atoms with Crippen LogP contribution >= 0.6 is 23.2 Å². The first-order valence-electron chi connectivity index (χ1n) is 37.4. The number of hydrogen-bond acceptors (Lipinski definition) is 22. The van der Waals surface area contributed by atoms with Gasteiger partial charge in [0.05, 0.1) is 21.9 Å². The third-order valence-electron chi connectivity index (χ3n) is 22.8. The third kappa shape index (κ3) is 17.0. The largest absolute Gasteiger partial charge is 0.508 e. The number of hydrogen-bond donors (Lipinski definition) is 15. The number of nitrogens with one attached hydrogen (secondary N) is 6. The second kappa shape index (κ2) is 33.3. The van der Waals surface area contributed by atoms with Crippen molar-refractivity contribution in [2.24, 2.45) is 53.1 Å². The van der Waals surface area contributed by atoms with Crippen LogP contribution < -0.4 is 51.8 Å². The Bertz CT molecular complexity index is 4590. The Morgan fingerprint density at radius 2 is 1.29 bits per heavy atom. The summed E-state index contributed by atoms with van der Waals surface area (Å²) in [5.41, 5.74) is 5.14. The summed E-state index contributed by atoms with van der Waals surface area (Å²) in [4.78, 5) is 137. The number of aliphatic hydroxyl groups excluding tert-OH is 5. The van der Waals surface area contributed by atoms with Crippen LogP contribution in [0.4, 0.5) is 4.79 Å². The van der Waals surface area contributed by atoms with Crippen molar-refractivity contribution >= 4 is 76.1 Å². The van der Waals surface area contributed by atoms with Gasteiger partial charge in [0.25, 0.3) is 0 Å². The van der Waals surface area contributed by atoms with Gasteiger partial charge in [0, 0.05) is 61.9 Å². The zero-order chi connectivity index (χ0) is 79.1. The summed E-state index contributed by atoms with van der Waals surface area (Å²) in [5, 5.41) is 110. The van der Waals surface area contributed by atoms with Crippen LogP contribution in [-0.4, -0.2) is 143 Å². The lowest BCUT2D eigenvalue weighted by Gasteiger charge is -2.54. The number of phenolic OH excluding ortho intramolecular Hbond substituents is 3. The van der Waals surface area contributed by atoms with Gasteiger partial charge in [0.15, 0.2) is 28.8 Å². The fourth-order valence-corrected chi connectivity index (χ4v) is 17.7. The van der Waals surface area contributed by atoms with E-state index >= 15 is 28.8 Å². The first-order valence-corrected chi connectivity index (χ1v) is 38.1. The highest BCUT2D eigenvalue weighted by Crippen LogP contribution is 2.58. The highest BCUT2D eigenvalue weighted by atomic mass is 35.5. The van der Waals surface area contributed by atoms with Crippen molar-refractivity contribution in [1.29, 1.82) is 0 Å². The number of urea groups is 1. The Balaban J connectivity index is 0.997. The number of aromatic hydroxyl groups is 3. The molecule has 10 aliphatic rings. The Hall–Kier alpha value is -9.75. The average molecular weight is 1570 g/mol. The predicted molar refractivity (Wildman–Crippen MR) is 399 cm³/mol. The average Bonchev–Trinajstić information content (AvgIpc) is 0.759. The fraction of sp³-hybridized carbons (Fsp3) is 0.444. The van der Waals surface area contributed by atoms with E-state index < -0.39 is 198 Å². The molecule has 4 saturated carbocycles. The maximum Gasteiger partial charge on any atom is 0.321 e. The SMILES string of the molecule is CC[C@H](CC(C)C)C(=O)N[C@H]1C(=O)C[C@@H](CC(=O)NC(=O)NCc2ccccc2)C(=O)N[C@H]2C(=O)C[C@H]3C(=O)N[C@H](C(=O)N[C@H](C(=O)CC4C5CC6CC(C5)CC4C6)c4cc(O)cc(O)c4-c4cc3ccc4O)[C@H](O)c3ccc(c(Cl)c3)Oc3cc2cc(c3O[C@@H]2O[C@H](CN)[C@@H](O)[C@H](O)[C@H]2O)Oc2ccc(cc2Cl)[C@H]1O. The van der Waals surface area contributed by atoms with Crippen molar-refractivity contribution in [1.82, 2.24) is 31.9 Å². The van der Waals surface area contributed by atoms with E-state index in [2.05, 4.69) is 31.9 Å². The number of aliphatic hydroxyl groups is 5. The number of phenols is 3. The van der Waals surface area contributed by atoms with E-state index in [4.69, 9.17) is 47.9 Å². The molecule has 15 bridgehead atoms. The van der Waals surface area contributed by atoms with Gasteiger partial charge in [-0.3, -0.25) is 43.7 Å². The van der Waals surface area contributed by atoms with Crippen LogP contribution in [-0.2, 0) is 49.6 Å². The lowest BCUT2D eigenvalue weighted by molar-refractivity contribution is -0.270. The third-order valence-corrected chi connectivity index (χ3v) is 23.3. The molecular weight excluding hydrogens is 1480 g/mol. The zero-order valence-corrected chi connectivity index (χ0v) is 62.4. The number of fused-ring (bicyclic) bond motifs is 15. The van der Waals surface area contributed by atoms with E-state index in [1.54, 1.807) is 37.3 Å². The predicted octanol–water partition coefficient (Wildman–Crippen LogP) is 7.74. The number of rotatable bonds is 15. The van der Waals surface area contributed by atoms with E-state index in [9.17, 15) is 55.2 Å². The zero-order valence-electron chi connectivity index (χ0n) is 60.8. The van der Waals surface area contributed by atoms with E-state index in [0.717, 1.165) is 62.4 Å². The molecule has 6 aromatic carbocycles. The maximum absolute atomic E-state index is 16.5. The number of benzene rings is 6. The summed E-state index contributed by atoms with van der Waals surface area (Å²) < 4.78 is 25.7. The second-order valence-corrected chi connectivity index (χ2v) is 31.6.